The molecule has 1 heterocycles. The summed E-state index contributed by atoms with van der Waals surface area (Å²) < 4.78 is 0. The summed E-state index contributed by atoms with van der Waals surface area (Å²) in [4.78, 5) is 25.3. The van der Waals surface area contributed by atoms with E-state index in [0.717, 1.165) is 19.5 Å². The second kappa shape index (κ2) is 8.21. The summed E-state index contributed by atoms with van der Waals surface area (Å²) >= 11 is 1.31. The van der Waals surface area contributed by atoms with Gasteiger partial charge in [-0.3, -0.25) is 14.9 Å². The Labute approximate surface area is 133 Å². The van der Waals surface area contributed by atoms with Crippen LogP contribution in [0, 0.1) is 10.1 Å². The number of benzene rings is 1. The molecular formula is C13H18ClN3O3S. The third kappa shape index (κ3) is 4.33. The normalized spacial score (nSPS) is 15.0. The largest absolute Gasteiger partial charge is 0.337 e. The van der Waals surface area contributed by atoms with E-state index in [1.807, 2.05) is 0 Å². The number of nitro groups is 1. The number of hydrogen-bond acceptors (Lipinski definition) is 5. The molecule has 0 atom stereocenters. The Bertz CT molecular complexity index is 519. The number of amides is 1. The Morgan fingerprint density at radius 1 is 1.38 bits per heavy atom. The van der Waals surface area contributed by atoms with Crippen LogP contribution >= 0.6 is 24.2 Å². The molecule has 2 rings (SSSR count). The Balaban J connectivity index is 0.00000220. The van der Waals surface area contributed by atoms with Gasteiger partial charge >= 0.3 is 0 Å². The summed E-state index contributed by atoms with van der Waals surface area (Å²) in [6, 6.07) is 4.69. The molecule has 1 saturated heterocycles. The first-order valence-corrected chi connectivity index (χ1v) is 7.68. The zero-order valence-corrected chi connectivity index (χ0v) is 13.3. The molecule has 0 aliphatic carbocycles. The van der Waals surface area contributed by atoms with Gasteiger partial charge in [0.15, 0.2) is 0 Å². The molecule has 8 heteroatoms. The maximum Gasteiger partial charge on any atom is 0.283 e. The molecule has 0 bridgehead atoms. The van der Waals surface area contributed by atoms with Gasteiger partial charge in [-0.05, 0) is 31.4 Å². The van der Waals surface area contributed by atoms with Gasteiger partial charge in [0, 0.05) is 31.3 Å². The van der Waals surface area contributed by atoms with Gasteiger partial charge in [0.05, 0.1) is 9.82 Å². The highest BCUT2D eigenvalue weighted by atomic mass is 35.5. The van der Waals surface area contributed by atoms with Gasteiger partial charge in [-0.25, -0.2) is 0 Å². The van der Waals surface area contributed by atoms with Gasteiger partial charge in [0.25, 0.3) is 11.6 Å². The lowest BCUT2D eigenvalue weighted by molar-refractivity contribution is -0.387. The smallest absolute Gasteiger partial charge is 0.283 e. The zero-order chi connectivity index (χ0) is 14.5. The monoisotopic (exact) mass is 331 g/mol. The van der Waals surface area contributed by atoms with Crippen LogP contribution in [0.15, 0.2) is 23.1 Å². The number of carbonyl (C=O) groups excluding carboxylic acids is 1. The van der Waals surface area contributed by atoms with Crippen molar-refractivity contribution in [3.05, 3.63) is 33.9 Å². The number of hydrogen-bond donors (Lipinski definition) is 1. The molecule has 1 aromatic rings. The molecule has 1 N–H and O–H groups in total. The summed E-state index contributed by atoms with van der Waals surface area (Å²) in [5.41, 5.74) is 0.382. The van der Waals surface area contributed by atoms with Crippen LogP contribution in [0.2, 0.25) is 0 Å². The number of nitrogens with zero attached hydrogens (tertiary/aromatic N) is 2. The third-order valence-corrected chi connectivity index (χ3v) is 4.03. The fourth-order valence-corrected chi connectivity index (χ4v) is 2.74. The van der Waals surface area contributed by atoms with Crippen LogP contribution in [0.1, 0.15) is 16.8 Å². The number of thioether (sulfide) groups is 1. The molecule has 1 amide bonds. The molecule has 1 aliphatic heterocycles. The topological polar surface area (TPSA) is 75.5 Å². The summed E-state index contributed by atoms with van der Waals surface area (Å²) in [5.74, 6) is -0.135. The van der Waals surface area contributed by atoms with Crippen molar-refractivity contribution in [3.63, 3.8) is 0 Å². The Kier molecular flexibility index (Phi) is 6.94. The molecule has 0 saturated carbocycles. The van der Waals surface area contributed by atoms with Crippen molar-refractivity contribution >= 4 is 35.8 Å². The average Bonchev–Trinajstić information content (AvgIpc) is 2.74. The zero-order valence-electron chi connectivity index (χ0n) is 11.7. The summed E-state index contributed by atoms with van der Waals surface area (Å²) in [7, 11) is 0. The standard InChI is InChI=1S/C13H17N3O3S.ClH/c1-20-12-4-3-10(9-11(12)16(18)19)13(17)15-7-2-5-14-6-8-15;/h3-4,9,14H,2,5-8H2,1H3;1H. The molecule has 0 spiro atoms. The molecular weight excluding hydrogens is 314 g/mol. The predicted octanol–water partition coefficient (Wildman–Crippen LogP) is 2.17. The average molecular weight is 332 g/mol. The fourth-order valence-electron chi connectivity index (χ4n) is 2.20. The van der Waals surface area contributed by atoms with Crippen molar-refractivity contribution in [1.82, 2.24) is 10.2 Å². The number of carbonyl (C=O) groups is 1. The lowest BCUT2D eigenvalue weighted by atomic mass is 10.1. The van der Waals surface area contributed by atoms with Crippen LogP contribution in [0.4, 0.5) is 5.69 Å². The number of nitrogens with one attached hydrogen (secondary N) is 1. The van der Waals surface area contributed by atoms with Gasteiger partial charge in [-0.2, -0.15) is 0 Å². The second-order valence-electron chi connectivity index (χ2n) is 4.54. The molecule has 6 nitrogen and oxygen atoms in total. The number of nitro benzene ring substituents is 1. The Morgan fingerprint density at radius 2 is 2.14 bits per heavy atom. The highest BCUT2D eigenvalue weighted by molar-refractivity contribution is 7.98. The first-order chi connectivity index (χ1) is 9.63. The van der Waals surface area contributed by atoms with Crippen LogP contribution in [-0.4, -0.2) is 48.2 Å². The first-order valence-electron chi connectivity index (χ1n) is 6.46. The van der Waals surface area contributed by atoms with Gasteiger partial charge in [-0.15, -0.1) is 24.2 Å². The molecule has 0 aromatic heterocycles. The van der Waals surface area contributed by atoms with E-state index in [2.05, 4.69) is 5.32 Å². The molecule has 21 heavy (non-hydrogen) atoms. The lowest BCUT2D eigenvalue weighted by Crippen LogP contribution is -2.34. The van der Waals surface area contributed by atoms with E-state index < -0.39 is 4.92 Å². The van der Waals surface area contributed by atoms with E-state index in [4.69, 9.17) is 0 Å². The number of halogens is 1. The molecule has 0 unspecified atom stereocenters. The van der Waals surface area contributed by atoms with Gasteiger partial charge in [-0.1, -0.05) is 0 Å². The summed E-state index contributed by atoms with van der Waals surface area (Å²) in [6.07, 6.45) is 2.68. The van der Waals surface area contributed by atoms with Crippen LogP contribution in [0.5, 0.6) is 0 Å². The van der Waals surface area contributed by atoms with Crippen molar-refractivity contribution < 1.29 is 9.72 Å². The van der Waals surface area contributed by atoms with Crippen LogP contribution in [0.25, 0.3) is 0 Å². The molecule has 1 fully saturated rings. The fraction of sp³-hybridized carbons (Fsp3) is 0.462. The predicted molar refractivity (Wildman–Crippen MR) is 85.5 cm³/mol. The minimum atomic E-state index is -0.438. The minimum absolute atomic E-state index is 0. The van der Waals surface area contributed by atoms with E-state index in [0.29, 0.717) is 23.5 Å². The number of rotatable bonds is 3. The molecule has 1 aromatic carbocycles. The second-order valence-corrected chi connectivity index (χ2v) is 5.39. The van der Waals surface area contributed by atoms with Crippen LogP contribution < -0.4 is 5.32 Å². The molecule has 1 aliphatic rings. The van der Waals surface area contributed by atoms with Gasteiger partial charge in [0.2, 0.25) is 0 Å². The highest BCUT2D eigenvalue weighted by Gasteiger charge is 2.21. The third-order valence-electron chi connectivity index (χ3n) is 3.25. The van der Waals surface area contributed by atoms with E-state index in [9.17, 15) is 14.9 Å². The summed E-state index contributed by atoms with van der Waals surface area (Å²) in [6.45, 7) is 2.98. The Hall–Kier alpha value is -1.31. The quantitative estimate of drug-likeness (QED) is 0.522. The first kappa shape index (κ1) is 17.7. The molecule has 116 valence electrons. The van der Waals surface area contributed by atoms with Gasteiger partial charge < -0.3 is 10.2 Å². The Morgan fingerprint density at radius 3 is 2.81 bits per heavy atom. The molecule has 0 radical (unpaired) electrons. The van der Waals surface area contributed by atoms with Crippen molar-refractivity contribution in [2.24, 2.45) is 0 Å². The maximum atomic E-state index is 12.4. The lowest BCUT2D eigenvalue weighted by Gasteiger charge is -2.20. The minimum Gasteiger partial charge on any atom is -0.337 e. The van der Waals surface area contributed by atoms with Crippen molar-refractivity contribution in [1.29, 1.82) is 0 Å². The van der Waals surface area contributed by atoms with Crippen molar-refractivity contribution in [2.75, 3.05) is 32.4 Å². The maximum absolute atomic E-state index is 12.4. The SMILES string of the molecule is CSc1ccc(C(=O)N2CCCNCC2)cc1[N+](=O)[O-].Cl. The van der Waals surface area contributed by atoms with E-state index in [1.54, 1.807) is 23.3 Å². The van der Waals surface area contributed by atoms with Crippen LogP contribution in [-0.2, 0) is 0 Å². The van der Waals surface area contributed by atoms with E-state index in [-0.39, 0.29) is 24.0 Å². The highest BCUT2D eigenvalue weighted by Crippen LogP contribution is 2.28. The van der Waals surface area contributed by atoms with E-state index >= 15 is 0 Å². The van der Waals surface area contributed by atoms with E-state index in [1.165, 1.54) is 17.8 Å². The van der Waals surface area contributed by atoms with Crippen LogP contribution in [0.3, 0.4) is 0 Å². The van der Waals surface area contributed by atoms with Crippen molar-refractivity contribution in [2.45, 2.75) is 11.3 Å². The van der Waals surface area contributed by atoms with Crippen molar-refractivity contribution in [3.8, 4) is 0 Å². The van der Waals surface area contributed by atoms with Gasteiger partial charge in [0.1, 0.15) is 0 Å². The summed E-state index contributed by atoms with van der Waals surface area (Å²) in [5, 5.41) is 14.3.